The van der Waals surface area contributed by atoms with Crippen LogP contribution in [0.15, 0.2) is 18.3 Å². The molecule has 0 aliphatic heterocycles. The highest BCUT2D eigenvalue weighted by Gasteiger charge is 2.02. The van der Waals surface area contributed by atoms with Gasteiger partial charge in [0.2, 0.25) is 0 Å². The molecule has 0 aliphatic carbocycles. The molecule has 12 heavy (non-hydrogen) atoms. The Hall–Kier alpha value is -1.40. The summed E-state index contributed by atoms with van der Waals surface area (Å²) in [6.45, 7) is 2.02. The van der Waals surface area contributed by atoms with Crippen molar-refractivity contribution in [1.29, 1.82) is 5.26 Å². The van der Waals surface area contributed by atoms with E-state index in [0.717, 1.165) is 12.0 Å². The monoisotopic (exact) mass is 161 g/mol. The first-order valence-electron chi connectivity index (χ1n) is 3.89. The second-order valence-electron chi connectivity index (χ2n) is 2.60. The predicted octanol–water partition coefficient (Wildman–Crippen LogP) is 1.36. The molecule has 0 aromatic carbocycles. The van der Waals surface area contributed by atoms with Crippen LogP contribution in [0.25, 0.3) is 0 Å². The van der Waals surface area contributed by atoms with Crippen LogP contribution in [0, 0.1) is 11.3 Å². The third-order valence-corrected chi connectivity index (χ3v) is 1.77. The summed E-state index contributed by atoms with van der Waals surface area (Å²) in [4.78, 5) is 3.93. The molecule has 0 unspecified atom stereocenters. The Morgan fingerprint density at radius 2 is 2.42 bits per heavy atom. The minimum absolute atomic E-state index is 0.0326. The van der Waals surface area contributed by atoms with Gasteiger partial charge < -0.3 is 5.73 Å². The number of aromatic nitrogens is 1. The van der Waals surface area contributed by atoms with Gasteiger partial charge in [0.15, 0.2) is 0 Å². The molecule has 0 saturated carbocycles. The van der Waals surface area contributed by atoms with Gasteiger partial charge in [-0.2, -0.15) is 5.26 Å². The van der Waals surface area contributed by atoms with Crippen molar-refractivity contribution >= 4 is 0 Å². The second-order valence-corrected chi connectivity index (χ2v) is 2.60. The first-order valence-corrected chi connectivity index (χ1v) is 3.89. The summed E-state index contributed by atoms with van der Waals surface area (Å²) in [5.74, 6) is 0. The Bertz CT molecular complexity index is 284. The van der Waals surface area contributed by atoms with Gasteiger partial charge in [-0.05, 0) is 18.1 Å². The third kappa shape index (κ3) is 1.80. The zero-order chi connectivity index (χ0) is 8.97. The van der Waals surface area contributed by atoms with Crippen LogP contribution in [0.2, 0.25) is 0 Å². The highest BCUT2D eigenvalue weighted by Crippen LogP contribution is 2.11. The molecule has 1 aromatic rings. The number of nitrogens with zero attached hydrogens (tertiary/aromatic N) is 2. The summed E-state index contributed by atoms with van der Waals surface area (Å²) in [5, 5.41) is 8.48. The minimum Gasteiger partial charge on any atom is -0.324 e. The van der Waals surface area contributed by atoms with E-state index in [1.165, 1.54) is 0 Å². The molecular formula is C9H11N3. The lowest BCUT2D eigenvalue weighted by atomic mass is 10.1. The molecule has 62 valence electrons. The predicted molar refractivity (Wildman–Crippen MR) is 46.2 cm³/mol. The van der Waals surface area contributed by atoms with Gasteiger partial charge in [-0.15, -0.1) is 0 Å². The largest absolute Gasteiger partial charge is 0.324 e. The summed E-state index contributed by atoms with van der Waals surface area (Å²) >= 11 is 0. The molecule has 0 spiro atoms. The molecule has 3 nitrogen and oxygen atoms in total. The number of pyridine rings is 1. The van der Waals surface area contributed by atoms with E-state index in [1.807, 2.05) is 19.1 Å². The normalized spacial score (nSPS) is 12.1. The molecule has 0 amide bonds. The van der Waals surface area contributed by atoms with Gasteiger partial charge in [0.05, 0.1) is 0 Å². The van der Waals surface area contributed by atoms with E-state index in [1.54, 1.807) is 12.3 Å². The summed E-state index contributed by atoms with van der Waals surface area (Å²) in [6, 6.07) is 5.52. The number of nitriles is 1. The fourth-order valence-electron chi connectivity index (χ4n) is 0.926. The zero-order valence-corrected chi connectivity index (χ0v) is 6.99. The van der Waals surface area contributed by atoms with Crippen LogP contribution in [-0.4, -0.2) is 4.98 Å². The molecule has 2 N–H and O–H groups in total. The van der Waals surface area contributed by atoms with Crippen molar-refractivity contribution in [3.8, 4) is 6.07 Å². The number of hydrogen-bond acceptors (Lipinski definition) is 3. The molecule has 0 bridgehead atoms. The first kappa shape index (κ1) is 8.69. The Kier molecular flexibility index (Phi) is 2.78. The maximum atomic E-state index is 8.48. The summed E-state index contributed by atoms with van der Waals surface area (Å²) < 4.78 is 0. The Morgan fingerprint density at radius 3 is 2.83 bits per heavy atom. The van der Waals surface area contributed by atoms with Gasteiger partial charge in [0, 0.05) is 12.2 Å². The molecule has 0 radical (unpaired) electrons. The molecular weight excluding hydrogens is 150 g/mol. The molecule has 0 aliphatic rings. The van der Waals surface area contributed by atoms with Crippen molar-refractivity contribution in [2.24, 2.45) is 5.73 Å². The van der Waals surface area contributed by atoms with E-state index < -0.39 is 0 Å². The molecule has 3 heteroatoms. The number of nitrogens with two attached hydrogens (primary N) is 1. The van der Waals surface area contributed by atoms with Gasteiger partial charge in [-0.3, -0.25) is 0 Å². The third-order valence-electron chi connectivity index (χ3n) is 1.77. The highest BCUT2D eigenvalue weighted by molar-refractivity contribution is 5.24. The lowest BCUT2D eigenvalue weighted by Gasteiger charge is -2.07. The van der Waals surface area contributed by atoms with E-state index in [0.29, 0.717) is 5.69 Å². The highest BCUT2D eigenvalue weighted by atomic mass is 14.7. The van der Waals surface area contributed by atoms with Crippen LogP contribution in [0.5, 0.6) is 0 Å². The van der Waals surface area contributed by atoms with Crippen LogP contribution in [0.3, 0.4) is 0 Å². The van der Waals surface area contributed by atoms with Crippen molar-refractivity contribution in [1.82, 2.24) is 4.98 Å². The van der Waals surface area contributed by atoms with E-state index in [2.05, 4.69) is 4.98 Å². The molecule has 1 rings (SSSR count). The molecule has 0 saturated heterocycles. The summed E-state index contributed by atoms with van der Waals surface area (Å²) in [7, 11) is 0. The first-order chi connectivity index (χ1) is 5.77. The van der Waals surface area contributed by atoms with Gasteiger partial charge >= 0.3 is 0 Å². The van der Waals surface area contributed by atoms with E-state index in [4.69, 9.17) is 11.0 Å². The zero-order valence-electron chi connectivity index (χ0n) is 6.99. The van der Waals surface area contributed by atoms with Gasteiger partial charge in [0.1, 0.15) is 11.8 Å². The van der Waals surface area contributed by atoms with E-state index in [-0.39, 0.29) is 6.04 Å². The van der Waals surface area contributed by atoms with Crippen LogP contribution in [0.4, 0.5) is 0 Å². The van der Waals surface area contributed by atoms with E-state index >= 15 is 0 Å². The maximum Gasteiger partial charge on any atom is 0.140 e. The maximum absolute atomic E-state index is 8.48. The standard InChI is InChI=1S/C9H11N3/c1-2-9(11)7-3-4-8(5-10)12-6-7/h3-4,6,9H,2,11H2,1H3/t9-/m0/s1. The minimum atomic E-state index is 0.0326. The summed E-state index contributed by atoms with van der Waals surface area (Å²) in [6.07, 6.45) is 2.54. The number of rotatable bonds is 2. The van der Waals surface area contributed by atoms with Crippen molar-refractivity contribution in [2.45, 2.75) is 19.4 Å². The molecule has 1 atom stereocenters. The smallest absolute Gasteiger partial charge is 0.140 e. The Morgan fingerprint density at radius 1 is 1.67 bits per heavy atom. The average Bonchev–Trinajstić information content (AvgIpc) is 2.17. The quantitative estimate of drug-likeness (QED) is 0.712. The lowest BCUT2D eigenvalue weighted by Crippen LogP contribution is -2.08. The fraction of sp³-hybridized carbons (Fsp3) is 0.333. The molecule has 0 fully saturated rings. The molecule has 1 aromatic heterocycles. The Balaban J connectivity index is 2.86. The van der Waals surface area contributed by atoms with Gasteiger partial charge in [-0.25, -0.2) is 4.98 Å². The average molecular weight is 161 g/mol. The SMILES string of the molecule is CC[C@H](N)c1ccc(C#N)nc1. The van der Waals surface area contributed by atoms with Crippen molar-refractivity contribution < 1.29 is 0 Å². The summed E-state index contributed by atoms with van der Waals surface area (Å²) in [5.41, 5.74) is 7.18. The van der Waals surface area contributed by atoms with Gasteiger partial charge in [-0.1, -0.05) is 13.0 Å². The Labute approximate surface area is 71.8 Å². The second kappa shape index (κ2) is 3.84. The van der Waals surface area contributed by atoms with Crippen molar-refractivity contribution in [2.75, 3.05) is 0 Å². The lowest BCUT2D eigenvalue weighted by molar-refractivity contribution is 0.695. The topological polar surface area (TPSA) is 62.7 Å². The fourth-order valence-corrected chi connectivity index (χ4v) is 0.926. The van der Waals surface area contributed by atoms with Crippen molar-refractivity contribution in [3.63, 3.8) is 0 Å². The van der Waals surface area contributed by atoms with Crippen LogP contribution in [-0.2, 0) is 0 Å². The van der Waals surface area contributed by atoms with Crippen LogP contribution < -0.4 is 5.73 Å². The van der Waals surface area contributed by atoms with Gasteiger partial charge in [0.25, 0.3) is 0 Å². The number of hydrogen-bond donors (Lipinski definition) is 1. The van der Waals surface area contributed by atoms with Crippen molar-refractivity contribution in [3.05, 3.63) is 29.6 Å². The van der Waals surface area contributed by atoms with Crippen LogP contribution in [0.1, 0.15) is 30.6 Å². The molecule has 1 heterocycles. The van der Waals surface area contributed by atoms with Crippen LogP contribution >= 0.6 is 0 Å². The van der Waals surface area contributed by atoms with E-state index in [9.17, 15) is 0 Å².